The highest BCUT2D eigenvalue weighted by molar-refractivity contribution is 5.75. The van der Waals surface area contributed by atoms with Gasteiger partial charge in [0.15, 0.2) is 0 Å². The lowest BCUT2D eigenvalue weighted by Crippen LogP contribution is -2.06. The molecule has 0 saturated carbocycles. The maximum atomic E-state index is 10.4. The van der Waals surface area contributed by atoms with Crippen molar-refractivity contribution in [2.24, 2.45) is 0 Å². The Labute approximate surface area is 66.4 Å². The van der Waals surface area contributed by atoms with E-state index in [1.807, 2.05) is 0 Å². The molecule has 0 aliphatic rings. The molecule has 0 saturated heterocycles. The molecular formula is C8H14O3. The summed E-state index contributed by atoms with van der Waals surface area (Å²) in [6, 6.07) is 0. The Morgan fingerprint density at radius 1 is 1.64 bits per heavy atom. The Morgan fingerprint density at radius 2 is 2.27 bits per heavy atom. The molecule has 2 N–H and O–H groups in total. The molecule has 0 unspecified atom stereocenters. The lowest BCUT2D eigenvalue weighted by atomic mass is 10.2. The minimum absolute atomic E-state index is 0.133. The van der Waals surface area contributed by atoms with Crippen molar-refractivity contribution in [2.45, 2.75) is 25.9 Å². The molecule has 0 spiro atoms. The summed E-state index contributed by atoms with van der Waals surface area (Å²) in [6.07, 6.45) is 3.52. The minimum Gasteiger partial charge on any atom is -0.393 e. The molecule has 0 aliphatic heterocycles. The number of ketones is 1. The van der Waals surface area contributed by atoms with Crippen LogP contribution in [0.4, 0.5) is 0 Å². The van der Waals surface area contributed by atoms with Gasteiger partial charge in [-0.25, -0.2) is 0 Å². The number of hydrogen-bond acceptors (Lipinski definition) is 3. The molecule has 3 heteroatoms. The van der Waals surface area contributed by atoms with Crippen LogP contribution in [-0.2, 0) is 4.79 Å². The van der Waals surface area contributed by atoms with E-state index in [9.17, 15) is 4.79 Å². The minimum atomic E-state index is -0.790. The average Bonchev–Trinajstić information content (AvgIpc) is 1.97. The standard InChI is InChI=1S/C8H14O3/c1-7(10)4-2-3-5-8(11)6-9/h3,5,8-9,11H,2,4,6H2,1H3/b5-3+/t8-/m1/s1. The topological polar surface area (TPSA) is 57.5 Å². The third kappa shape index (κ3) is 7.22. The molecule has 3 nitrogen and oxygen atoms in total. The zero-order valence-electron chi connectivity index (χ0n) is 6.66. The summed E-state index contributed by atoms with van der Waals surface area (Å²) in [6.45, 7) is 1.26. The number of allylic oxidation sites excluding steroid dienone is 1. The van der Waals surface area contributed by atoms with Crippen LogP contribution in [0.15, 0.2) is 12.2 Å². The number of hydrogen-bond donors (Lipinski definition) is 2. The van der Waals surface area contributed by atoms with Gasteiger partial charge in [-0.15, -0.1) is 0 Å². The second kappa shape index (κ2) is 6.07. The molecule has 0 fully saturated rings. The Bertz CT molecular complexity index is 140. The van der Waals surface area contributed by atoms with E-state index in [1.165, 1.54) is 13.0 Å². The smallest absolute Gasteiger partial charge is 0.130 e. The van der Waals surface area contributed by atoms with Gasteiger partial charge in [0.2, 0.25) is 0 Å². The van der Waals surface area contributed by atoms with Gasteiger partial charge in [-0.2, -0.15) is 0 Å². The van der Waals surface area contributed by atoms with E-state index >= 15 is 0 Å². The molecule has 0 radical (unpaired) electrons. The van der Waals surface area contributed by atoms with E-state index in [2.05, 4.69) is 0 Å². The van der Waals surface area contributed by atoms with Crippen LogP contribution in [0, 0.1) is 0 Å². The molecule has 1 atom stereocenters. The zero-order valence-corrected chi connectivity index (χ0v) is 6.66. The summed E-state index contributed by atoms with van der Waals surface area (Å²) in [5.74, 6) is 0.133. The van der Waals surface area contributed by atoms with Gasteiger partial charge in [0, 0.05) is 6.42 Å². The zero-order chi connectivity index (χ0) is 8.69. The molecular weight excluding hydrogens is 144 g/mol. The maximum Gasteiger partial charge on any atom is 0.130 e. The second-order valence-corrected chi connectivity index (χ2v) is 2.42. The van der Waals surface area contributed by atoms with Crippen LogP contribution in [0.1, 0.15) is 19.8 Å². The summed E-state index contributed by atoms with van der Waals surface area (Å²) in [5.41, 5.74) is 0. The van der Waals surface area contributed by atoms with Gasteiger partial charge in [-0.1, -0.05) is 12.2 Å². The predicted octanol–water partition coefficient (Wildman–Crippen LogP) is 0.265. The second-order valence-electron chi connectivity index (χ2n) is 2.42. The van der Waals surface area contributed by atoms with Crippen LogP contribution < -0.4 is 0 Å². The fraction of sp³-hybridized carbons (Fsp3) is 0.625. The third-order valence-electron chi connectivity index (χ3n) is 1.21. The Kier molecular flexibility index (Phi) is 5.70. The van der Waals surface area contributed by atoms with Crippen LogP contribution in [0.2, 0.25) is 0 Å². The fourth-order valence-electron chi connectivity index (χ4n) is 0.601. The molecule has 0 heterocycles. The first-order valence-corrected chi connectivity index (χ1v) is 3.62. The van der Waals surface area contributed by atoms with Crippen LogP contribution in [-0.4, -0.2) is 28.7 Å². The van der Waals surface area contributed by atoms with E-state index in [1.54, 1.807) is 6.08 Å². The first kappa shape index (κ1) is 10.3. The van der Waals surface area contributed by atoms with E-state index in [-0.39, 0.29) is 12.4 Å². The number of carbonyl (C=O) groups excluding carboxylic acids is 1. The quantitative estimate of drug-likeness (QED) is 0.564. The normalized spacial score (nSPS) is 13.7. The molecule has 0 amide bonds. The van der Waals surface area contributed by atoms with Crippen molar-refractivity contribution in [3.05, 3.63) is 12.2 Å². The molecule has 0 bridgehead atoms. The number of aliphatic hydroxyl groups excluding tert-OH is 2. The molecule has 0 aromatic heterocycles. The van der Waals surface area contributed by atoms with Crippen molar-refractivity contribution in [1.82, 2.24) is 0 Å². The average molecular weight is 158 g/mol. The largest absolute Gasteiger partial charge is 0.393 e. The van der Waals surface area contributed by atoms with E-state index < -0.39 is 6.10 Å². The van der Waals surface area contributed by atoms with Crippen LogP contribution in [0.3, 0.4) is 0 Å². The molecule has 11 heavy (non-hydrogen) atoms. The first-order chi connectivity index (χ1) is 5.16. The van der Waals surface area contributed by atoms with Crippen molar-refractivity contribution in [1.29, 1.82) is 0 Å². The Morgan fingerprint density at radius 3 is 2.73 bits per heavy atom. The van der Waals surface area contributed by atoms with Crippen LogP contribution >= 0.6 is 0 Å². The summed E-state index contributed by atoms with van der Waals surface area (Å²) >= 11 is 0. The summed E-state index contributed by atoms with van der Waals surface area (Å²) in [7, 11) is 0. The van der Waals surface area contributed by atoms with Crippen LogP contribution in [0.5, 0.6) is 0 Å². The van der Waals surface area contributed by atoms with Crippen molar-refractivity contribution in [3.63, 3.8) is 0 Å². The lowest BCUT2D eigenvalue weighted by molar-refractivity contribution is -0.116. The molecule has 0 aromatic carbocycles. The van der Waals surface area contributed by atoms with Gasteiger partial charge in [0.1, 0.15) is 5.78 Å². The summed E-state index contributed by atoms with van der Waals surface area (Å²) in [4.78, 5) is 10.4. The Hall–Kier alpha value is -0.670. The van der Waals surface area contributed by atoms with Crippen molar-refractivity contribution in [2.75, 3.05) is 6.61 Å². The molecule has 0 aromatic rings. The lowest BCUT2D eigenvalue weighted by Gasteiger charge is -1.97. The fourth-order valence-corrected chi connectivity index (χ4v) is 0.601. The predicted molar refractivity (Wildman–Crippen MR) is 42.1 cm³/mol. The summed E-state index contributed by atoms with van der Waals surface area (Å²) in [5, 5.41) is 17.2. The third-order valence-corrected chi connectivity index (χ3v) is 1.21. The van der Waals surface area contributed by atoms with Crippen molar-refractivity contribution in [3.8, 4) is 0 Å². The summed E-state index contributed by atoms with van der Waals surface area (Å²) < 4.78 is 0. The van der Waals surface area contributed by atoms with Gasteiger partial charge in [0.25, 0.3) is 0 Å². The van der Waals surface area contributed by atoms with Gasteiger partial charge in [-0.3, -0.25) is 0 Å². The van der Waals surface area contributed by atoms with E-state index in [4.69, 9.17) is 10.2 Å². The molecule has 0 rings (SSSR count). The van der Waals surface area contributed by atoms with Crippen LogP contribution in [0.25, 0.3) is 0 Å². The van der Waals surface area contributed by atoms with Crippen molar-refractivity contribution < 1.29 is 15.0 Å². The molecule has 0 aliphatic carbocycles. The highest BCUT2D eigenvalue weighted by Gasteiger charge is 1.93. The number of aliphatic hydroxyl groups is 2. The van der Waals surface area contributed by atoms with Gasteiger partial charge < -0.3 is 15.0 Å². The molecule has 64 valence electrons. The van der Waals surface area contributed by atoms with Gasteiger partial charge in [0.05, 0.1) is 12.7 Å². The van der Waals surface area contributed by atoms with E-state index in [0.29, 0.717) is 12.8 Å². The number of carbonyl (C=O) groups is 1. The SMILES string of the molecule is CC(=O)CC/C=C/[C@@H](O)CO. The van der Waals surface area contributed by atoms with E-state index in [0.717, 1.165) is 0 Å². The number of rotatable bonds is 5. The van der Waals surface area contributed by atoms with Crippen molar-refractivity contribution >= 4 is 5.78 Å². The highest BCUT2D eigenvalue weighted by atomic mass is 16.3. The van der Waals surface area contributed by atoms with Gasteiger partial charge >= 0.3 is 0 Å². The Balaban J connectivity index is 3.36. The monoisotopic (exact) mass is 158 g/mol. The highest BCUT2D eigenvalue weighted by Crippen LogP contribution is 1.93. The number of Topliss-reactive ketones (excluding diaryl/α,β-unsaturated/α-hetero) is 1. The maximum absolute atomic E-state index is 10.4. The van der Waals surface area contributed by atoms with Gasteiger partial charge in [-0.05, 0) is 13.3 Å². The first-order valence-electron chi connectivity index (χ1n) is 3.62.